The second kappa shape index (κ2) is 12.4. The number of carboxylic acids is 1. The van der Waals surface area contributed by atoms with Crippen molar-refractivity contribution >= 4 is 55.4 Å². The maximum absolute atomic E-state index is 12.3. The fourth-order valence-corrected chi connectivity index (χ4v) is 5.17. The van der Waals surface area contributed by atoms with Crippen molar-refractivity contribution in [3.05, 3.63) is 78.4 Å². The van der Waals surface area contributed by atoms with E-state index in [0.717, 1.165) is 48.5 Å². The Balaban J connectivity index is 1.76. The number of phenolic OH excluding ortho intramolecular Hbond substituents is 1. The average Bonchev–Trinajstić information content (AvgIpc) is 2.96. The maximum atomic E-state index is 12.3. The molecule has 0 bridgehead atoms. The second-order valence-electron chi connectivity index (χ2n) is 8.58. The summed E-state index contributed by atoms with van der Waals surface area (Å²) in [6.45, 7) is 0.0793. The van der Waals surface area contributed by atoms with Crippen LogP contribution in [0, 0.1) is 0 Å². The highest BCUT2D eigenvalue weighted by Gasteiger charge is 2.24. The Hall–Kier alpha value is -5.56. The lowest BCUT2D eigenvalue weighted by Gasteiger charge is -2.12. The third-order valence-corrected chi connectivity index (χ3v) is 7.45. The topological polar surface area (TPSA) is 262 Å². The van der Waals surface area contributed by atoms with E-state index in [4.69, 9.17) is 5.11 Å². The van der Waals surface area contributed by atoms with Gasteiger partial charge in [-0.25, -0.2) is 4.79 Å². The summed E-state index contributed by atoms with van der Waals surface area (Å²) in [6.07, 6.45) is 0. The molecule has 0 atom stereocenters. The number of aromatic carboxylic acids is 1. The highest BCUT2D eigenvalue weighted by atomic mass is 32.2. The molecule has 5 N–H and O–H groups in total. The van der Waals surface area contributed by atoms with Crippen molar-refractivity contribution in [1.82, 2.24) is 0 Å². The molecule has 0 fully saturated rings. The molecule has 4 aromatic rings. The monoisotopic (exact) mass is 642 g/mol. The lowest BCUT2D eigenvalue weighted by atomic mass is 10.0. The molecule has 0 spiro atoms. The number of carbonyl (C=O) groups is 2. The minimum atomic E-state index is -5.03. The SMILES string of the molecule is O=COc1cc(N=Nc2ccc(-c3ccc(N=Nc4ccc(O)c(C(=O)O)c4)cc3S(=O)(=O)O)c(S(=O)(=O)O)c2)ccc1O. The molecule has 0 aliphatic heterocycles. The fraction of sp³-hybridized carbons (Fsp3) is 0. The Morgan fingerprint density at radius 1 is 0.636 bits per heavy atom. The summed E-state index contributed by atoms with van der Waals surface area (Å²) in [7, 11) is -10.1. The third-order valence-electron chi connectivity index (χ3n) is 5.67. The first-order valence-electron chi connectivity index (χ1n) is 11.7. The van der Waals surface area contributed by atoms with Crippen LogP contribution in [0.5, 0.6) is 17.2 Å². The second-order valence-corrected chi connectivity index (χ2v) is 11.4. The van der Waals surface area contributed by atoms with E-state index in [1.165, 1.54) is 24.3 Å². The Bertz CT molecular complexity index is 2080. The summed E-state index contributed by atoms with van der Waals surface area (Å²) in [5.41, 5.74) is -1.38. The lowest BCUT2D eigenvalue weighted by molar-refractivity contribution is -0.120. The van der Waals surface area contributed by atoms with Gasteiger partial charge in [0.2, 0.25) is 0 Å². The van der Waals surface area contributed by atoms with Crippen molar-refractivity contribution in [1.29, 1.82) is 0 Å². The number of aromatic hydroxyl groups is 2. The van der Waals surface area contributed by atoms with E-state index in [1.54, 1.807) is 0 Å². The average molecular weight is 643 g/mol. The fourth-order valence-electron chi connectivity index (χ4n) is 3.72. The molecule has 4 rings (SSSR count). The van der Waals surface area contributed by atoms with Crippen LogP contribution < -0.4 is 4.74 Å². The largest absolute Gasteiger partial charge is 0.507 e. The lowest BCUT2D eigenvalue weighted by Crippen LogP contribution is -2.05. The van der Waals surface area contributed by atoms with Crippen LogP contribution in [0.4, 0.5) is 22.7 Å². The summed E-state index contributed by atoms with van der Waals surface area (Å²) in [5, 5.41) is 43.8. The van der Waals surface area contributed by atoms with E-state index in [2.05, 4.69) is 25.2 Å². The van der Waals surface area contributed by atoms with Gasteiger partial charge in [0.1, 0.15) is 21.1 Å². The van der Waals surface area contributed by atoms with Crippen LogP contribution >= 0.6 is 0 Å². The molecule has 16 nitrogen and oxygen atoms in total. The van der Waals surface area contributed by atoms with Crippen molar-refractivity contribution in [3.63, 3.8) is 0 Å². The predicted molar refractivity (Wildman–Crippen MR) is 150 cm³/mol. The van der Waals surface area contributed by atoms with E-state index in [-0.39, 0.29) is 51.8 Å². The summed E-state index contributed by atoms with van der Waals surface area (Å²) >= 11 is 0. The number of hydrogen-bond acceptors (Lipinski definition) is 13. The Morgan fingerprint density at radius 2 is 1.05 bits per heavy atom. The molecular formula is C26H18N4O12S2. The van der Waals surface area contributed by atoms with Crippen LogP contribution in [0.1, 0.15) is 10.4 Å². The molecular weight excluding hydrogens is 624 g/mol. The van der Waals surface area contributed by atoms with Crippen LogP contribution in [0.15, 0.2) is 103 Å². The van der Waals surface area contributed by atoms with E-state index in [0.29, 0.717) is 0 Å². The van der Waals surface area contributed by atoms with Crippen LogP contribution in [-0.2, 0) is 25.0 Å². The highest BCUT2D eigenvalue weighted by molar-refractivity contribution is 7.86. The van der Waals surface area contributed by atoms with E-state index in [1.807, 2.05) is 0 Å². The van der Waals surface area contributed by atoms with Gasteiger partial charge in [0.15, 0.2) is 11.5 Å². The Labute approximate surface area is 247 Å². The number of azo groups is 2. The first-order chi connectivity index (χ1) is 20.7. The molecule has 18 heteroatoms. The summed E-state index contributed by atoms with van der Waals surface area (Å²) < 4.78 is 73.6. The van der Waals surface area contributed by atoms with Crippen molar-refractivity contribution in [2.24, 2.45) is 20.5 Å². The normalized spacial score (nSPS) is 12.0. The van der Waals surface area contributed by atoms with Gasteiger partial charge in [0.05, 0.1) is 22.7 Å². The molecule has 0 unspecified atom stereocenters. The maximum Gasteiger partial charge on any atom is 0.339 e. The molecule has 0 amide bonds. The highest BCUT2D eigenvalue weighted by Crippen LogP contribution is 2.38. The quantitative estimate of drug-likeness (QED) is 0.0835. The summed E-state index contributed by atoms with van der Waals surface area (Å²) in [4.78, 5) is 20.2. The van der Waals surface area contributed by atoms with Crippen LogP contribution in [-0.4, -0.2) is 53.7 Å². The van der Waals surface area contributed by atoms with Gasteiger partial charge >= 0.3 is 5.97 Å². The predicted octanol–water partition coefficient (Wildman–Crippen LogP) is 5.32. The molecule has 0 saturated carbocycles. The van der Waals surface area contributed by atoms with Gasteiger partial charge in [-0.15, -0.1) is 0 Å². The molecule has 44 heavy (non-hydrogen) atoms. The number of phenols is 2. The smallest absolute Gasteiger partial charge is 0.339 e. The number of ether oxygens (including phenoxy) is 1. The van der Waals surface area contributed by atoms with Crippen molar-refractivity contribution < 1.29 is 55.6 Å². The standard InChI is InChI=1S/C26H18N4O12S2/c31-13-42-23-10-15(4-8-22(23)33)28-30-17-2-6-19(25(12-17)44(39,40)41)18-5-1-16(11-24(18)43(36,37)38)29-27-14-3-7-21(32)20(9-14)26(34)35/h1-13,32-33H,(H,34,35)(H,36,37,38)(H,39,40,41). The van der Waals surface area contributed by atoms with Gasteiger partial charge < -0.3 is 20.1 Å². The summed E-state index contributed by atoms with van der Waals surface area (Å²) in [5.74, 6) is -2.53. The van der Waals surface area contributed by atoms with Gasteiger partial charge in [0, 0.05) is 17.2 Å². The molecule has 0 aromatic heterocycles. The molecule has 0 radical (unpaired) electrons. The van der Waals surface area contributed by atoms with Gasteiger partial charge in [-0.05, 0) is 54.6 Å². The molecule has 226 valence electrons. The number of carbonyl (C=O) groups excluding carboxylic acids is 1. The van der Waals surface area contributed by atoms with Crippen LogP contribution in [0.25, 0.3) is 11.1 Å². The van der Waals surface area contributed by atoms with Crippen molar-refractivity contribution in [3.8, 4) is 28.4 Å². The third kappa shape index (κ3) is 7.25. The Kier molecular flexibility index (Phi) is 8.81. The van der Waals surface area contributed by atoms with Crippen molar-refractivity contribution in [2.45, 2.75) is 9.79 Å². The molecule has 0 saturated heterocycles. The zero-order valence-corrected chi connectivity index (χ0v) is 23.3. The number of rotatable bonds is 10. The first-order valence-corrected chi connectivity index (χ1v) is 14.6. The molecule has 4 aromatic carbocycles. The molecule has 0 aliphatic carbocycles. The van der Waals surface area contributed by atoms with E-state index < -0.39 is 47.3 Å². The first kappa shape index (κ1) is 31.4. The zero-order valence-electron chi connectivity index (χ0n) is 21.7. The van der Waals surface area contributed by atoms with Crippen LogP contribution in [0.3, 0.4) is 0 Å². The summed E-state index contributed by atoms with van der Waals surface area (Å²) in [6, 6.07) is 13.3. The van der Waals surface area contributed by atoms with Gasteiger partial charge in [0.25, 0.3) is 26.7 Å². The Morgan fingerprint density at radius 3 is 1.48 bits per heavy atom. The van der Waals surface area contributed by atoms with Crippen LogP contribution in [0.2, 0.25) is 0 Å². The number of nitrogens with zero attached hydrogens (tertiary/aromatic N) is 4. The molecule has 0 aliphatic rings. The minimum Gasteiger partial charge on any atom is -0.507 e. The number of hydrogen-bond donors (Lipinski definition) is 5. The molecule has 0 heterocycles. The zero-order chi connectivity index (χ0) is 32.2. The van der Waals surface area contributed by atoms with Gasteiger partial charge in [-0.1, -0.05) is 12.1 Å². The minimum absolute atomic E-state index is 0.0177. The van der Waals surface area contributed by atoms with E-state index >= 15 is 0 Å². The number of carboxylic acid groups (broad SMARTS) is 1. The van der Waals surface area contributed by atoms with Gasteiger partial charge in [-0.2, -0.15) is 37.3 Å². The van der Waals surface area contributed by atoms with Gasteiger partial charge in [-0.3, -0.25) is 13.9 Å². The number of benzene rings is 4. The van der Waals surface area contributed by atoms with Crippen molar-refractivity contribution in [2.75, 3.05) is 0 Å². The van der Waals surface area contributed by atoms with E-state index in [9.17, 15) is 45.7 Å².